The molecule has 0 atom stereocenters. The van der Waals surface area contributed by atoms with Gasteiger partial charge in [0.15, 0.2) is 16.6 Å². The second kappa shape index (κ2) is 10.3. The highest BCUT2D eigenvalue weighted by molar-refractivity contribution is 7.80. The van der Waals surface area contributed by atoms with Gasteiger partial charge in [0.1, 0.15) is 0 Å². The van der Waals surface area contributed by atoms with Crippen molar-refractivity contribution >= 4 is 23.0 Å². The Morgan fingerprint density at radius 2 is 1.77 bits per heavy atom. The quantitative estimate of drug-likeness (QED) is 0.609. The number of rotatable bonds is 7. The van der Waals surface area contributed by atoms with Gasteiger partial charge in [0.25, 0.3) is 0 Å². The number of hydrogen-bond acceptors (Lipinski definition) is 4. The van der Waals surface area contributed by atoms with E-state index in [0.29, 0.717) is 12.8 Å². The lowest BCUT2D eigenvalue weighted by Gasteiger charge is -2.39. The SMILES string of the molecule is CCCCc1ccc(NC(=S)N(Cc2ccc3c(c2)OCO3)C2CCN(C)CC2)cc1. The van der Waals surface area contributed by atoms with Crippen LogP contribution in [0.25, 0.3) is 0 Å². The first-order valence-electron chi connectivity index (χ1n) is 11.4. The van der Waals surface area contributed by atoms with Crippen LogP contribution in [-0.2, 0) is 13.0 Å². The molecule has 1 N–H and O–H groups in total. The summed E-state index contributed by atoms with van der Waals surface area (Å²) in [4.78, 5) is 4.74. The molecule has 2 aromatic carbocycles. The molecule has 0 unspecified atom stereocenters. The molecular weight excluding hydrogens is 406 g/mol. The van der Waals surface area contributed by atoms with Crippen molar-refractivity contribution < 1.29 is 9.47 Å². The molecule has 0 spiro atoms. The first kappa shape index (κ1) is 21.9. The molecule has 1 saturated heterocycles. The lowest BCUT2D eigenvalue weighted by molar-refractivity contribution is 0.172. The van der Waals surface area contributed by atoms with Crippen LogP contribution in [0.1, 0.15) is 43.7 Å². The van der Waals surface area contributed by atoms with E-state index in [9.17, 15) is 0 Å². The first-order chi connectivity index (χ1) is 15.1. The number of hydrogen-bond donors (Lipinski definition) is 1. The third kappa shape index (κ3) is 5.69. The van der Waals surface area contributed by atoms with Gasteiger partial charge in [-0.25, -0.2) is 0 Å². The van der Waals surface area contributed by atoms with E-state index in [2.05, 4.69) is 65.5 Å². The second-order valence-electron chi connectivity index (χ2n) is 8.58. The molecule has 0 radical (unpaired) electrons. The van der Waals surface area contributed by atoms with Crippen molar-refractivity contribution in [2.24, 2.45) is 0 Å². The molecule has 1 fully saturated rings. The number of ether oxygens (including phenoxy) is 2. The molecule has 4 rings (SSSR count). The number of nitrogens with one attached hydrogen (secondary N) is 1. The Labute approximate surface area is 191 Å². The summed E-state index contributed by atoms with van der Waals surface area (Å²) in [5, 5.41) is 4.28. The summed E-state index contributed by atoms with van der Waals surface area (Å²) in [5.41, 5.74) is 3.61. The zero-order chi connectivity index (χ0) is 21.6. The Bertz CT molecular complexity index is 879. The minimum Gasteiger partial charge on any atom is -0.454 e. The van der Waals surface area contributed by atoms with Gasteiger partial charge in [0.05, 0.1) is 0 Å². The predicted molar refractivity (Wildman–Crippen MR) is 130 cm³/mol. The summed E-state index contributed by atoms with van der Waals surface area (Å²) >= 11 is 5.91. The topological polar surface area (TPSA) is 37.0 Å². The number of nitrogens with zero attached hydrogens (tertiary/aromatic N) is 2. The molecule has 2 heterocycles. The Balaban J connectivity index is 1.47. The maximum absolute atomic E-state index is 5.91. The highest BCUT2D eigenvalue weighted by atomic mass is 32.1. The Hall–Kier alpha value is -2.31. The fraction of sp³-hybridized carbons (Fsp3) is 0.480. The van der Waals surface area contributed by atoms with Crippen LogP contribution < -0.4 is 14.8 Å². The van der Waals surface area contributed by atoms with Gasteiger partial charge >= 0.3 is 0 Å². The van der Waals surface area contributed by atoms with Gasteiger partial charge in [0.2, 0.25) is 6.79 Å². The number of fused-ring (bicyclic) bond motifs is 1. The van der Waals surface area contributed by atoms with Crippen molar-refractivity contribution in [3.8, 4) is 11.5 Å². The first-order valence-corrected chi connectivity index (χ1v) is 11.8. The van der Waals surface area contributed by atoms with Crippen molar-refractivity contribution in [1.82, 2.24) is 9.80 Å². The molecule has 5 nitrogen and oxygen atoms in total. The molecule has 166 valence electrons. The maximum atomic E-state index is 5.91. The number of aryl methyl sites for hydroxylation is 1. The molecule has 6 heteroatoms. The van der Waals surface area contributed by atoms with E-state index in [-0.39, 0.29) is 0 Å². The van der Waals surface area contributed by atoms with E-state index in [1.165, 1.54) is 24.0 Å². The lowest BCUT2D eigenvalue weighted by atomic mass is 10.0. The Morgan fingerprint density at radius 3 is 2.52 bits per heavy atom. The van der Waals surface area contributed by atoms with Crippen LogP contribution in [-0.4, -0.2) is 47.9 Å². The molecule has 0 bridgehead atoms. The van der Waals surface area contributed by atoms with Crippen molar-refractivity contribution in [2.75, 3.05) is 32.2 Å². The number of likely N-dealkylation sites (tertiary alicyclic amines) is 1. The van der Waals surface area contributed by atoms with Crippen LogP contribution >= 0.6 is 12.2 Å². The molecule has 2 aliphatic rings. The minimum atomic E-state index is 0.297. The summed E-state index contributed by atoms with van der Waals surface area (Å²) in [6, 6.07) is 15.3. The van der Waals surface area contributed by atoms with Gasteiger partial charge in [-0.2, -0.15) is 0 Å². The van der Waals surface area contributed by atoms with Crippen LogP contribution in [0.5, 0.6) is 11.5 Å². The van der Waals surface area contributed by atoms with Crippen molar-refractivity contribution in [2.45, 2.75) is 51.6 Å². The van der Waals surface area contributed by atoms with E-state index in [4.69, 9.17) is 21.7 Å². The van der Waals surface area contributed by atoms with E-state index in [1.54, 1.807) is 0 Å². The molecule has 0 aliphatic carbocycles. The zero-order valence-electron chi connectivity index (χ0n) is 18.6. The normalized spacial score (nSPS) is 16.3. The summed E-state index contributed by atoms with van der Waals surface area (Å²) in [5.74, 6) is 1.64. The summed E-state index contributed by atoms with van der Waals surface area (Å²) in [7, 11) is 2.19. The summed E-state index contributed by atoms with van der Waals surface area (Å²) in [6.45, 7) is 5.47. The predicted octanol–water partition coefficient (Wildman–Crippen LogP) is 5.05. The molecular formula is C25H33N3O2S. The van der Waals surface area contributed by atoms with Crippen LogP contribution in [0.2, 0.25) is 0 Å². The van der Waals surface area contributed by atoms with Gasteiger partial charge in [-0.05, 0) is 93.4 Å². The monoisotopic (exact) mass is 439 g/mol. The number of thiocarbonyl (C=S) groups is 1. The highest BCUT2D eigenvalue weighted by Gasteiger charge is 2.26. The summed E-state index contributed by atoms with van der Waals surface area (Å²) in [6.07, 6.45) is 5.80. The largest absolute Gasteiger partial charge is 0.454 e. The van der Waals surface area contributed by atoms with Gasteiger partial charge in [0, 0.05) is 18.3 Å². The standard InChI is InChI=1S/C25H33N3O2S/c1-3-4-5-19-6-9-21(10-7-19)26-25(31)28(22-12-14-27(2)15-13-22)17-20-8-11-23-24(16-20)30-18-29-23/h6-11,16,22H,3-5,12-15,17-18H2,1-2H3,(H,26,31). The van der Waals surface area contributed by atoms with Crippen LogP contribution in [0, 0.1) is 0 Å². The Morgan fingerprint density at radius 1 is 1.06 bits per heavy atom. The molecule has 2 aromatic rings. The number of anilines is 1. The van der Waals surface area contributed by atoms with Crippen LogP contribution in [0.15, 0.2) is 42.5 Å². The molecule has 31 heavy (non-hydrogen) atoms. The minimum absolute atomic E-state index is 0.297. The maximum Gasteiger partial charge on any atom is 0.231 e. The average molecular weight is 440 g/mol. The molecule has 0 aromatic heterocycles. The lowest BCUT2D eigenvalue weighted by Crippen LogP contribution is -2.47. The molecule has 2 aliphatic heterocycles. The Kier molecular flexibility index (Phi) is 7.30. The summed E-state index contributed by atoms with van der Waals surface area (Å²) < 4.78 is 11.0. The van der Waals surface area contributed by atoms with Gasteiger partial charge in [-0.15, -0.1) is 0 Å². The van der Waals surface area contributed by atoms with Gasteiger partial charge in [-0.1, -0.05) is 31.5 Å². The number of piperidine rings is 1. The van der Waals surface area contributed by atoms with Crippen molar-refractivity contribution in [3.63, 3.8) is 0 Å². The van der Waals surface area contributed by atoms with Gasteiger partial charge in [-0.3, -0.25) is 0 Å². The van der Waals surface area contributed by atoms with Gasteiger partial charge < -0.3 is 24.6 Å². The van der Waals surface area contributed by atoms with E-state index < -0.39 is 0 Å². The fourth-order valence-electron chi connectivity index (χ4n) is 4.24. The van der Waals surface area contributed by atoms with E-state index in [0.717, 1.165) is 61.2 Å². The number of unbranched alkanes of at least 4 members (excludes halogenated alkanes) is 1. The number of benzene rings is 2. The third-order valence-corrected chi connectivity index (χ3v) is 6.54. The molecule has 0 amide bonds. The van der Waals surface area contributed by atoms with Crippen molar-refractivity contribution in [3.05, 3.63) is 53.6 Å². The highest BCUT2D eigenvalue weighted by Crippen LogP contribution is 2.33. The average Bonchev–Trinajstić information content (AvgIpc) is 3.25. The van der Waals surface area contributed by atoms with E-state index in [1.807, 2.05) is 6.07 Å². The smallest absolute Gasteiger partial charge is 0.231 e. The van der Waals surface area contributed by atoms with Crippen LogP contribution in [0.3, 0.4) is 0 Å². The second-order valence-corrected chi connectivity index (χ2v) is 8.97. The zero-order valence-corrected chi connectivity index (χ0v) is 19.4. The van der Waals surface area contributed by atoms with Crippen molar-refractivity contribution in [1.29, 1.82) is 0 Å². The van der Waals surface area contributed by atoms with E-state index >= 15 is 0 Å². The van der Waals surface area contributed by atoms with Crippen LogP contribution in [0.4, 0.5) is 5.69 Å². The molecule has 0 saturated carbocycles. The third-order valence-electron chi connectivity index (χ3n) is 6.20. The fourth-order valence-corrected chi connectivity index (χ4v) is 4.57.